The van der Waals surface area contributed by atoms with Crippen LogP contribution < -0.4 is 0 Å². The van der Waals surface area contributed by atoms with E-state index in [-0.39, 0.29) is 5.78 Å². The molecule has 0 bridgehead atoms. The first-order valence-electron chi connectivity index (χ1n) is 5.85. The van der Waals surface area contributed by atoms with Gasteiger partial charge in [-0.15, -0.1) is 6.42 Å². The zero-order valence-electron chi connectivity index (χ0n) is 10.7. The van der Waals surface area contributed by atoms with E-state index in [1.165, 1.54) is 4.90 Å². The van der Waals surface area contributed by atoms with E-state index in [4.69, 9.17) is 11.2 Å². The van der Waals surface area contributed by atoms with E-state index >= 15 is 0 Å². The highest BCUT2D eigenvalue weighted by atomic mass is 16.6. The van der Waals surface area contributed by atoms with E-state index in [1.54, 1.807) is 20.8 Å². The summed E-state index contributed by atoms with van der Waals surface area (Å²) in [5.74, 6) is 1.76. The summed E-state index contributed by atoms with van der Waals surface area (Å²) < 4.78 is 5.27. The zero-order chi connectivity index (χ0) is 13.1. The van der Waals surface area contributed by atoms with Crippen molar-refractivity contribution in [2.45, 2.75) is 51.7 Å². The van der Waals surface area contributed by atoms with Crippen molar-refractivity contribution in [2.75, 3.05) is 6.54 Å². The smallest absolute Gasteiger partial charge is 0.410 e. The summed E-state index contributed by atoms with van der Waals surface area (Å²) in [6.07, 6.45) is 7.09. The fourth-order valence-electron chi connectivity index (χ4n) is 1.84. The number of rotatable bonds is 1. The number of likely N-dealkylation sites (tertiary alicyclic amines) is 1. The monoisotopic (exact) mass is 237 g/mol. The summed E-state index contributed by atoms with van der Waals surface area (Å²) in [7, 11) is 0. The third-order valence-electron chi connectivity index (χ3n) is 2.58. The second-order valence-corrected chi connectivity index (χ2v) is 5.19. The molecule has 4 heteroatoms. The fraction of sp³-hybridized carbons (Fsp3) is 0.692. The van der Waals surface area contributed by atoms with Crippen LogP contribution in [0.3, 0.4) is 0 Å². The maximum Gasteiger partial charge on any atom is 0.410 e. The van der Waals surface area contributed by atoms with Gasteiger partial charge in [0, 0.05) is 6.54 Å². The standard InChI is InChI=1S/C13H19NO3/c1-5-11(15)10-8-6-7-9-14(10)12(16)17-13(2,3)4/h1,10H,6-9H2,2-4H3. The lowest BCUT2D eigenvalue weighted by atomic mass is 9.99. The summed E-state index contributed by atoms with van der Waals surface area (Å²) in [6.45, 7) is 5.93. The molecule has 1 fully saturated rings. The van der Waals surface area contributed by atoms with Gasteiger partial charge in [-0.25, -0.2) is 4.79 Å². The minimum atomic E-state index is -0.557. The molecule has 0 radical (unpaired) electrons. The predicted molar refractivity (Wildman–Crippen MR) is 64.4 cm³/mol. The van der Waals surface area contributed by atoms with E-state index in [9.17, 15) is 9.59 Å². The van der Waals surface area contributed by atoms with E-state index < -0.39 is 17.7 Å². The van der Waals surface area contributed by atoms with Crippen LogP contribution in [-0.4, -0.2) is 35.0 Å². The van der Waals surface area contributed by atoms with Crippen molar-refractivity contribution in [2.24, 2.45) is 0 Å². The number of hydrogen-bond acceptors (Lipinski definition) is 3. The lowest BCUT2D eigenvalue weighted by Gasteiger charge is -2.34. The van der Waals surface area contributed by atoms with Crippen molar-refractivity contribution in [1.82, 2.24) is 4.90 Å². The zero-order valence-corrected chi connectivity index (χ0v) is 10.7. The van der Waals surface area contributed by atoms with Crippen molar-refractivity contribution >= 4 is 11.9 Å². The predicted octanol–water partition coefficient (Wildman–Crippen LogP) is 1.98. The first kappa shape index (κ1) is 13.6. The summed E-state index contributed by atoms with van der Waals surface area (Å²) in [4.78, 5) is 24.9. The molecular formula is C13H19NO3. The van der Waals surface area contributed by atoms with Crippen LogP contribution in [0, 0.1) is 12.3 Å². The normalized spacial score (nSPS) is 20.6. The molecule has 0 aromatic rings. The Bertz CT molecular complexity index is 349. The summed E-state index contributed by atoms with van der Waals surface area (Å²) in [5.41, 5.74) is -0.557. The molecule has 1 atom stereocenters. The molecule has 1 heterocycles. The Kier molecular flexibility index (Phi) is 4.17. The Labute approximate surface area is 102 Å². The van der Waals surface area contributed by atoms with Gasteiger partial charge in [-0.05, 0) is 46.0 Å². The number of ether oxygens (including phenoxy) is 1. The molecule has 17 heavy (non-hydrogen) atoms. The third-order valence-corrected chi connectivity index (χ3v) is 2.58. The van der Waals surface area contributed by atoms with E-state index in [1.807, 2.05) is 0 Å². The fourth-order valence-corrected chi connectivity index (χ4v) is 1.84. The molecule has 0 aliphatic carbocycles. The molecule has 0 spiro atoms. The minimum Gasteiger partial charge on any atom is -0.444 e. The SMILES string of the molecule is C#CC(=O)C1CCCCN1C(=O)OC(C)(C)C. The molecule has 1 saturated heterocycles. The topological polar surface area (TPSA) is 46.6 Å². The number of amides is 1. The second kappa shape index (κ2) is 5.22. The number of nitrogens with zero attached hydrogens (tertiary/aromatic N) is 1. The van der Waals surface area contributed by atoms with Crippen LogP contribution in [0.4, 0.5) is 4.79 Å². The van der Waals surface area contributed by atoms with Crippen molar-refractivity contribution in [1.29, 1.82) is 0 Å². The van der Waals surface area contributed by atoms with Gasteiger partial charge in [0.2, 0.25) is 5.78 Å². The van der Waals surface area contributed by atoms with Crippen molar-refractivity contribution < 1.29 is 14.3 Å². The van der Waals surface area contributed by atoms with E-state index in [0.717, 1.165) is 12.8 Å². The Morgan fingerprint density at radius 3 is 2.53 bits per heavy atom. The Hall–Kier alpha value is -1.50. The summed E-state index contributed by atoms with van der Waals surface area (Å²) in [6, 6.07) is -0.511. The van der Waals surface area contributed by atoms with Crippen LogP contribution in [0.5, 0.6) is 0 Å². The van der Waals surface area contributed by atoms with Crippen LogP contribution in [0.25, 0.3) is 0 Å². The van der Waals surface area contributed by atoms with Gasteiger partial charge < -0.3 is 4.74 Å². The molecule has 1 aliphatic rings. The molecule has 1 unspecified atom stereocenters. The number of carbonyl (C=O) groups excluding carboxylic acids is 2. The van der Waals surface area contributed by atoms with Crippen molar-refractivity contribution in [3.8, 4) is 12.3 Å². The highest BCUT2D eigenvalue weighted by Crippen LogP contribution is 2.20. The molecule has 1 rings (SSSR count). The summed E-state index contributed by atoms with van der Waals surface area (Å²) >= 11 is 0. The van der Waals surface area contributed by atoms with Gasteiger partial charge in [-0.1, -0.05) is 0 Å². The van der Waals surface area contributed by atoms with Crippen molar-refractivity contribution in [3.63, 3.8) is 0 Å². The maximum atomic E-state index is 11.9. The number of carbonyl (C=O) groups is 2. The Balaban J connectivity index is 2.75. The highest BCUT2D eigenvalue weighted by molar-refractivity contribution is 6.00. The molecular weight excluding hydrogens is 218 g/mol. The van der Waals surface area contributed by atoms with Crippen LogP contribution in [0.2, 0.25) is 0 Å². The molecule has 1 amide bonds. The first-order valence-corrected chi connectivity index (χ1v) is 5.85. The first-order chi connectivity index (χ1) is 7.85. The molecule has 4 nitrogen and oxygen atoms in total. The average Bonchev–Trinajstić information content (AvgIpc) is 2.25. The number of terminal acetylenes is 1. The van der Waals surface area contributed by atoms with E-state index in [0.29, 0.717) is 13.0 Å². The quantitative estimate of drug-likeness (QED) is 0.517. The number of ketones is 1. The van der Waals surface area contributed by atoms with Gasteiger partial charge in [0.1, 0.15) is 11.6 Å². The van der Waals surface area contributed by atoms with Gasteiger partial charge in [0.15, 0.2) is 0 Å². The third kappa shape index (κ3) is 3.77. The Morgan fingerprint density at radius 1 is 1.35 bits per heavy atom. The second-order valence-electron chi connectivity index (χ2n) is 5.19. The minimum absolute atomic E-state index is 0.337. The number of Topliss-reactive ketones (excluding diaryl/α,β-unsaturated/α-hetero) is 1. The molecule has 94 valence electrons. The van der Waals surface area contributed by atoms with Crippen LogP contribution >= 0.6 is 0 Å². The van der Waals surface area contributed by atoms with Gasteiger partial charge in [0.05, 0.1) is 0 Å². The molecule has 0 N–H and O–H groups in total. The number of piperidine rings is 1. The van der Waals surface area contributed by atoms with Gasteiger partial charge in [0.25, 0.3) is 0 Å². The molecule has 1 aliphatic heterocycles. The lowest BCUT2D eigenvalue weighted by Crippen LogP contribution is -2.49. The lowest BCUT2D eigenvalue weighted by molar-refractivity contribution is -0.119. The van der Waals surface area contributed by atoms with Gasteiger partial charge >= 0.3 is 6.09 Å². The highest BCUT2D eigenvalue weighted by Gasteiger charge is 2.33. The maximum absolute atomic E-state index is 11.9. The average molecular weight is 237 g/mol. The Morgan fingerprint density at radius 2 is 2.00 bits per heavy atom. The van der Waals surface area contributed by atoms with E-state index in [2.05, 4.69) is 5.92 Å². The van der Waals surface area contributed by atoms with Crippen molar-refractivity contribution in [3.05, 3.63) is 0 Å². The van der Waals surface area contributed by atoms with Crippen LogP contribution in [0.1, 0.15) is 40.0 Å². The van der Waals surface area contributed by atoms with Gasteiger partial charge in [-0.3, -0.25) is 9.69 Å². The summed E-state index contributed by atoms with van der Waals surface area (Å²) in [5, 5.41) is 0. The number of hydrogen-bond donors (Lipinski definition) is 0. The molecule has 0 aromatic carbocycles. The van der Waals surface area contributed by atoms with Gasteiger partial charge in [-0.2, -0.15) is 0 Å². The molecule has 0 saturated carbocycles. The largest absolute Gasteiger partial charge is 0.444 e. The molecule has 0 aromatic heterocycles. The van der Waals surface area contributed by atoms with Crippen LogP contribution in [0.15, 0.2) is 0 Å². The van der Waals surface area contributed by atoms with Crippen LogP contribution in [-0.2, 0) is 9.53 Å².